The molecule has 0 aliphatic heterocycles. The summed E-state index contributed by atoms with van der Waals surface area (Å²) in [5.41, 5.74) is 0. The van der Waals surface area contributed by atoms with E-state index in [0.717, 1.165) is 44.9 Å². The van der Waals surface area contributed by atoms with Crippen LogP contribution in [0.15, 0.2) is 24.3 Å². The van der Waals surface area contributed by atoms with Crippen LogP contribution in [0.4, 0.5) is 0 Å². The molecule has 3 N–H and O–H groups in total. The molecule has 0 rings (SSSR count). The van der Waals surface area contributed by atoms with Gasteiger partial charge in [-0.25, -0.2) is 0 Å². The average Bonchev–Trinajstić information content (AvgIpc) is 3.62. The first kappa shape index (κ1) is 88.3. The van der Waals surface area contributed by atoms with Crippen LogP contribution in [0.3, 0.4) is 0 Å². The number of amides is 1. The molecule has 0 fully saturated rings. The molecule has 534 valence electrons. The van der Waals surface area contributed by atoms with Gasteiger partial charge in [0, 0.05) is 12.8 Å². The average molecular weight is 1270 g/mol. The molecule has 2 unspecified atom stereocenters. The number of rotatable bonds is 79. The molecule has 0 saturated heterocycles. The molecule has 0 heterocycles. The van der Waals surface area contributed by atoms with Crippen molar-refractivity contribution in [2.45, 2.75) is 488 Å². The largest absolute Gasteiger partial charge is 0.466 e. The van der Waals surface area contributed by atoms with Gasteiger partial charge in [0.1, 0.15) is 0 Å². The maximum atomic E-state index is 12.6. The number of hydrogen-bond donors (Lipinski definition) is 3. The second-order valence-electron chi connectivity index (χ2n) is 28.8. The third-order valence-corrected chi connectivity index (χ3v) is 19.7. The summed E-state index contributed by atoms with van der Waals surface area (Å²) in [6, 6.07) is -0.540. The first-order valence-corrected chi connectivity index (χ1v) is 41.6. The van der Waals surface area contributed by atoms with Gasteiger partial charge in [-0.2, -0.15) is 0 Å². The molecule has 6 heteroatoms. The van der Waals surface area contributed by atoms with Gasteiger partial charge in [-0.3, -0.25) is 9.59 Å². The zero-order valence-corrected chi connectivity index (χ0v) is 61.4. The predicted octanol–water partition coefficient (Wildman–Crippen LogP) is 27.6. The highest BCUT2D eigenvalue weighted by Crippen LogP contribution is 2.20. The summed E-state index contributed by atoms with van der Waals surface area (Å²) >= 11 is 0. The number of ether oxygens (including phenoxy) is 1. The third kappa shape index (κ3) is 75.4. The highest BCUT2D eigenvalue weighted by atomic mass is 16.5. The number of nitrogens with one attached hydrogen (secondary N) is 1. The number of esters is 1. The van der Waals surface area contributed by atoms with E-state index in [1.807, 2.05) is 0 Å². The lowest BCUT2D eigenvalue weighted by Gasteiger charge is -2.22. The van der Waals surface area contributed by atoms with E-state index in [1.165, 1.54) is 398 Å². The van der Waals surface area contributed by atoms with E-state index >= 15 is 0 Å². The van der Waals surface area contributed by atoms with Crippen LogP contribution in [0.5, 0.6) is 0 Å². The van der Waals surface area contributed by atoms with Gasteiger partial charge in [0.05, 0.1) is 25.4 Å². The van der Waals surface area contributed by atoms with Gasteiger partial charge in [0.2, 0.25) is 5.91 Å². The van der Waals surface area contributed by atoms with E-state index in [4.69, 9.17) is 4.74 Å². The fourth-order valence-electron chi connectivity index (χ4n) is 13.4. The highest BCUT2D eigenvalue weighted by Gasteiger charge is 2.20. The van der Waals surface area contributed by atoms with Crippen LogP contribution in [-0.4, -0.2) is 47.4 Å². The van der Waals surface area contributed by atoms with Crippen molar-refractivity contribution in [1.29, 1.82) is 0 Å². The summed E-state index contributed by atoms with van der Waals surface area (Å²) in [6.07, 6.45) is 103. The Morgan fingerprint density at radius 1 is 0.300 bits per heavy atom. The fraction of sp³-hybridized carbons (Fsp3) is 0.929. The molecule has 2 atom stereocenters. The summed E-state index contributed by atoms with van der Waals surface area (Å²) in [7, 11) is 0. The quantitative estimate of drug-likeness (QED) is 0.0320. The molecule has 0 bridgehead atoms. The number of carbonyl (C=O) groups excluding carboxylic acids is 2. The summed E-state index contributed by atoms with van der Waals surface area (Å²) in [5, 5.41) is 23.5. The normalized spacial score (nSPS) is 12.5. The Morgan fingerprint density at radius 2 is 0.522 bits per heavy atom. The number of allylic oxidation sites excluding steroid dienone is 4. The van der Waals surface area contributed by atoms with Crippen LogP contribution in [0.25, 0.3) is 0 Å². The van der Waals surface area contributed by atoms with Gasteiger partial charge in [0.15, 0.2) is 0 Å². The van der Waals surface area contributed by atoms with E-state index < -0.39 is 12.1 Å². The Balaban J connectivity index is 3.35. The van der Waals surface area contributed by atoms with Crippen molar-refractivity contribution < 1.29 is 24.5 Å². The van der Waals surface area contributed by atoms with Crippen molar-refractivity contribution >= 4 is 11.9 Å². The maximum absolute atomic E-state index is 12.6. The van der Waals surface area contributed by atoms with Crippen LogP contribution in [0, 0.1) is 0 Å². The van der Waals surface area contributed by atoms with Crippen molar-refractivity contribution in [2.24, 2.45) is 0 Å². The summed E-state index contributed by atoms with van der Waals surface area (Å²) in [6.45, 7) is 4.99. The van der Waals surface area contributed by atoms with Gasteiger partial charge in [-0.1, -0.05) is 411 Å². The number of hydrogen-bond acceptors (Lipinski definition) is 5. The van der Waals surface area contributed by atoms with Gasteiger partial charge in [-0.05, 0) is 77.0 Å². The Kier molecular flexibility index (Phi) is 78.3. The van der Waals surface area contributed by atoms with Crippen molar-refractivity contribution in [3.8, 4) is 0 Å². The first-order valence-electron chi connectivity index (χ1n) is 41.6. The number of unbranched alkanes of at least 4 members (excludes halogenated alkanes) is 64. The van der Waals surface area contributed by atoms with E-state index in [-0.39, 0.29) is 18.5 Å². The molecule has 0 aromatic heterocycles. The number of aliphatic hydroxyl groups excluding tert-OH is 2. The molecular weight excluding hydrogens is 1100 g/mol. The summed E-state index contributed by atoms with van der Waals surface area (Å²) in [4.78, 5) is 24.6. The van der Waals surface area contributed by atoms with E-state index in [9.17, 15) is 19.8 Å². The Hall–Kier alpha value is -1.66. The van der Waals surface area contributed by atoms with Gasteiger partial charge < -0.3 is 20.3 Å². The Bertz CT molecular complexity index is 1410. The molecule has 0 radical (unpaired) electrons. The summed E-state index contributed by atoms with van der Waals surface area (Å²) < 4.78 is 5.49. The Labute approximate surface area is 564 Å². The van der Waals surface area contributed by atoms with Crippen molar-refractivity contribution in [1.82, 2.24) is 5.32 Å². The molecule has 0 aliphatic carbocycles. The second-order valence-corrected chi connectivity index (χ2v) is 28.8. The van der Waals surface area contributed by atoms with E-state index in [1.54, 1.807) is 0 Å². The zero-order valence-electron chi connectivity index (χ0n) is 61.4. The zero-order chi connectivity index (χ0) is 64.9. The second kappa shape index (κ2) is 79.8. The topological polar surface area (TPSA) is 95.9 Å². The van der Waals surface area contributed by atoms with Crippen molar-refractivity contribution in [3.63, 3.8) is 0 Å². The highest BCUT2D eigenvalue weighted by molar-refractivity contribution is 5.76. The minimum atomic E-state index is -0.663. The first-order chi connectivity index (χ1) is 44.5. The molecule has 1 amide bonds. The predicted molar refractivity (Wildman–Crippen MR) is 398 cm³/mol. The minimum absolute atomic E-state index is 0.0119. The molecule has 0 aromatic rings. The molecular formula is C84H163NO5. The smallest absolute Gasteiger partial charge is 0.305 e. The lowest BCUT2D eigenvalue weighted by molar-refractivity contribution is -0.143. The lowest BCUT2D eigenvalue weighted by Crippen LogP contribution is -2.45. The lowest BCUT2D eigenvalue weighted by atomic mass is 10.0. The molecule has 90 heavy (non-hydrogen) atoms. The minimum Gasteiger partial charge on any atom is -0.466 e. The standard InChI is InChI=1S/C84H163NO5/c1-3-5-7-9-11-13-15-17-18-19-20-21-22-34-37-40-43-46-49-53-56-60-64-68-72-76-82(87)81(80-86)85-83(88)77-73-69-65-61-57-54-50-47-44-41-38-35-32-30-28-26-24-23-25-27-29-31-33-36-39-42-45-48-51-55-59-63-67-71-75-79-90-84(89)78-74-70-66-62-58-52-16-14-12-10-8-6-4-2/h14,16,25,27,81-82,86-87H,3-13,15,17-24,26,28-80H2,1-2H3,(H,85,88)/b16-14-,27-25-. The van der Waals surface area contributed by atoms with Crippen LogP contribution in [0.1, 0.15) is 476 Å². The van der Waals surface area contributed by atoms with Gasteiger partial charge in [-0.15, -0.1) is 0 Å². The van der Waals surface area contributed by atoms with Crippen LogP contribution in [-0.2, 0) is 14.3 Å². The van der Waals surface area contributed by atoms with Crippen LogP contribution >= 0.6 is 0 Å². The summed E-state index contributed by atoms with van der Waals surface area (Å²) in [5.74, 6) is -0.0133. The van der Waals surface area contributed by atoms with E-state index in [0.29, 0.717) is 25.9 Å². The third-order valence-electron chi connectivity index (χ3n) is 19.7. The van der Waals surface area contributed by atoms with Crippen LogP contribution < -0.4 is 5.32 Å². The maximum Gasteiger partial charge on any atom is 0.305 e. The molecule has 0 saturated carbocycles. The van der Waals surface area contributed by atoms with Gasteiger partial charge >= 0.3 is 5.97 Å². The van der Waals surface area contributed by atoms with Crippen molar-refractivity contribution in [2.75, 3.05) is 13.2 Å². The number of carbonyl (C=O) groups is 2. The molecule has 0 aromatic carbocycles. The Morgan fingerprint density at radius 3 is 0.800 bits per heavy atom. The molecule has 0 spiro atoms. The van der Waals surface area contributed by atoms with Gasteiger partial charge in [0.25, 0.3) is 0 Å². The fourth-order valence-corrected chi connectivity index (χ4v) is 13.4. The van der Waals surface area contributed by atoms with E-state index in [2.05, 4.69) is 43.5 Å². The molecule has 0 aliphatic rings. The van der Waals surface area contributed by atoms with Crippen molar-refractivity contribution in [3.05, 3.63) is 24.3 Å². The SMILES string of the molecule is CCCCCC/C=C\CCCCCCCC(=O)OCCCCCCCCCCCCCCCC/C=C\CCCCCCCCCCCCCCCCCCCC(=O)NC(CO)C(O)CCCCCCCCCCCCCCCCCCCCCCCCCCC. The monoisotopic (exact) mass is 1270 g/mol. The number of aliphatic hydroxyl groups is 2. The molecule has 6 nitrogen and oxygen atoms in total. The van der Waals surface area contributed by atoms with Crippen LogP contribution in [0.2, 0.25) is 0 Å².